The van der Waals surface area contributed by atoms with Crippen LogP contribution in [0.4, 0.5) is 5.82 Å². The van der Waals surface area contributed by atoms with Crippen molar-refractivity contribution in [3.8, 4) is 6.07 Å². The Morgan fingerprint density at radius 3 is 3.26 bits per heavy atom. The number of hydrogen-bond acceptors (Lipinski definition) is 5. The molecule has 0 amide bonds. The molecule has 0 aliphatic carbocycles. The van der Waals surface area contributed by atoms with Crippen LogP contribution >= 0.6 is 0 Å². The number of hydrogen-bond donors (Lipinski definition) is 1. The zero-order chi connectivity index (χ0) is 15.8. The summed E-state index contributed by atoms with van der Waals surface area (Å²) >= 11 is 0. The van der Waals surface area contributed by atoms with Crippen molar-refractivity contribution >= 4 is 16.9 Å². The second-order valence-electron chi connectivity index (χ2n) is 5.87. The molecule has 0 bridgehead atoms. The molecule has 4 rings (SSSR count). The molecule has 3 aromatic rings. The highest BCUT2D eigenvalue weighted by atomic mass is 15.2. The number of imidazole rings is 1. The molecule has 0 saturated heterocycles. The molecule has 0 aromatic carbocycles. The Balaban J connectivity index is 1.61. The molecule has 0 saturated carbocycles. The molecule has 4 heterocycles. The van der Waals surface area contributed by atoms with E-state index >= 15 is 0 Å². The molecule has 0 radical (unpaired) electrons. The van der Waals surface area contributed by atoms with Crippen LogP contribution in [0.15, 0.2) is 24.8 Å². The van der Waals surface area contributed by atoms with Crippen LogP contribution in [0.2, 0.25) is 0 Å². The Labute approximate surface area is 133 Å². The average molecular weight is 307 g/mol. The standard InChI is InChI=1S/C16H17N7/c1-22(16-13-3-6-18-15(13)19-10-20-16)12-4-7-23-9-11(2-5-17)21-14(23)8-12/h3,6,9-10,12H,2,4,7-8H2,1H3,(H,18,19,20)/t12-/m1/s1. The number of nitrogens with one attached hydrogen (secondary N) is 1. The average Bonchev–Trinajstić information content (AvgIpc) is 3.19. The molecule has 0 fully saturated rings. The molecule has 0 spiro atoms. The van der Waals surface area contributed by atoms with Gasteiger partial charge in [-0.05, 0) is 12.5 Å². The highest BCUT2D eigenvalue weighted by molar-refractivity contribution is 5.87. The monoisotopic (exact) mass is 307 g/mol. The van der Waals surface area contributed by atoms with Crippen molar-refractivity contribution in [1.29, 1.82) is 5.26 Å². The van der Waals surface area contributed by atoms with Gasteiger partial charge in [-0.15, -0.1) is 0 Å². The van der Waals surface area contributed by atoms with Gasteiger partial charge in [-0.2, -0.15) is 5.26 Å². The van der Waals surface area contributed by atoms with Gasteiger partial charge in [0, 0.05) is 38.4 Å². The molecule has 0 unspecified atom stereocenters. The van der Waals surface area contributed by atoms with E-state index < -0.39 is 0 Å². The summed E-state index contributed by atoms with van der Waals surface area (Å²) in [5.41, 5.74) is 1.72. The van der Waals surface area contributed by atoms with Gasteiger partial charge in [0.2, 0.25) is 0 Å². The zero-order valence-corrected chi connectivity index (χ0v) is 12.9. The molecule has 1 atom stereocenters. The summed E-state index contributed by atoms with van der Waals surface area (Å²) in [6, 6.07) is 4.51. The van der Waals surface area contributed by atoms with Crippen LogP contribution in [-0.4, -0.2) is 37.6 Å². The van der Waals surface area contributed by atoms with E-state index in [2.05, 4.69) is 42.5 Å². The summed E-state index contributed by atoms with van der Waals surface area (Å²) in [7, 11) is 2.08. The van der Waals surface area contributed by atoms with Gasteiger partial charge in [0.15, 0.2) is 0 Å². The molecule has 1 aliphatic rings. The highest BCUT2D eigenvalue weighted by Crippen LogP contribution is 2.27. The number of rotatable bonds is 3. The lowest BCUT2D eigenvalue weighted by atomic mass is 10.0. The van der Waals surface area contributed by atoms with Crippen molar-refractivity contribution in [2.24, 2.45) is 0 Å². The van der Waals surface area contributed by atoms with Gasteiger partial charge in [0.25, 0.3) is 0 Å². The number of aromatic nitrogens is 5. The van der Waals surface area contributed by atoms with Gasteiger partial charge in [-0.25, -0.2) is 15.0 Å². The minimum absolute atomic E-state index is 0.341. The fraction of sp³-hybridized carbons (Fsp3) is 0.375. The van der Waals surface area contributed by atoms with Gasteiger partial charge in [0.05, 0.1) is 23.6 Å². The lowest BCUT2D eigenvalue weighted by molar-refractivity contribution is 0.448. The quantitative estimate of drug-likeness (QED) is 0.795. The van der Waals surface area contributed by atoms with Crippen molar-refractivity contribution in [3.05, 3.63) is 36.3 Å². The number of H-pyrrole nitrogens is 1. The summed E-state index contributed by atoms with van der Waals surface area (Å²) in [5.74, 6) is 2.00. The third kappa shape index (κ3) is 2.32. The minimum atomic E-state index is 0.341. The van der Waals surface area contributed by atoms with Gasteiger partial charge < -0.3 is 14.5 Å². The second kappa shape index (κ2) is 5.39. The van der Waals surface area contributed by atoms with E-state index in [1.807, 2.05) is 18.5 Å². The van der Waals surface area contributed by atoms with Crippen LogP contribution in [-0.2, 0) is 19.4 Å². The number of aryl methyl sites for hydroxylation is 1. The van der Waals surface area contributed by atoms with E-state index in [0.29, 0.717) is 12.5 Å². The number of nitrogens with zero attached hydrogens (tertiary/aromatic N) is 6. The molecule has 116 valence electrons. The van der Waals surface area contributed by atoms with E-state index in [1.165, 1.54) is 0 Å². The van der Waals surface area contributed by atoms with Crippen LogP contribution in [0, 0.1) is 11.3 Å². The number of fused-ring (bicyclic) bond motifs is 2. The SMILES string of the molecule is CN(c1ncnc2[nH]ccc12)[C@@H]1CCn2cc(CC#N)nc2C1. The smallest absolute Gasteiger partial charge is 0.142 e. The van der Waals surface area contributed by atoms with Crippen molar-refractivity contribution in [1.82, 2.24) is 24.5 Å². The molecule has 7 heteroatoms. The molecule has 7 nitrogen and oxygen atoms in total. The summed E-state index contributed by atoms with van der Waals surface area (Å²) < 4.78 is 2.17. The van der Waals surface area contributed by atoms with Gasteiger partial charge >= 0.3 is 0 Å². The van der Waals surface area contributed by atoms with E-state index in [1.54, 1.807) is 6.33 Å². The van der Waals surface area contributed by atoms with Crippen molar-refractivity contribution in [2.45, 2.75) is 31.8 Å². The van der Waals surface area contributed by atoms with E-state index in [0.717, 1.165) is 47.8 Å². The fourth-order valence-corrected chi connectivity index (χ4v) is 3.28. The zero-order valence-electron chi connectivity index (χ0n) is 12.9. The minimum Gasteiger partial charge on any atom is -0.356 e. The number of likely N-dealkylation sites (N-methyl/N-ethyl adjacent to an activating group) is 1. The van der Waals surface area contributed by atoms with Gasteiger partial charge in [-0.1, -0.05) is 0 Å². The Bertz CT molecular complexity index is 885. The third-order valence-electron chi connectivity index (χ3n) is 4.51. The Morgan fingerprint density at radius 2 is 2.39 bits per heavy atom. The van der Waals surface area contributed by atoms with E-state index in [4.69, 9.17) is 5.26 Å². The largest absolute Gasteiger partial charge is 0.356 e. The van der Waals surface area contributed by atoms with Crippen LogP contribution < -0.4 is 4.90 Å². The first kappa shape index (κ1) is 13.8. The second-order valence-corrected chi connectivity index (χ2v) is 5.87. The first-order valence-corrected chi connectivity index (χ1v) is 7.69. The van der Waals surface area contributed by atoms with E-state index in [9.17, 15) is 0 Å². The fourth-order valence-electron chi connectivity index (χ4n) is 3.28. The maximum absolute atomic E-state index is 8.83. The molecule has 1 N–H and O–H groups in total. The molecule has 23 heavy (non-hydrogen) atoms. The maximum Gasteiger partial charge on any atom is 0.142 e. The number of anilines is 1. The molecular weight excluding hydrogens is 290 g/mol. The normalized spacial score (nSPS) is 17.0. The third-order valence-corrected chi connectivity index (χ3v) is 4.51. The lowest BCUT2D eigenvalue weighted by Crippen LogP contribution is -2.38. The predicted molar refractivity (Wildman–Crippen MR) is 85.9 cm³/mol. The summed E-state index contributed by atoms with van der Waals surface area (Å²) in [6.45, 7) is 0.921. The van der Waals surface area contributed by atoms with Crippen LogP contribution in [0.5, 0.6) is 0 Å². The molecular formula is C16H17N7. The topological polar surface area (TPSA) is 86.4 Å². The van der Waals surface area contributed by atoms with Crippen LogP contribution in [0.1, 0.15) is 17.9 Å². The number of aromatic amines is 1. The molecule has 3 aromatic heterocycles. The van der Waals surface area contributed by atoms with Crippen LogP contribution in [0.3, 0.4) is 0 Å². The summed E-state index contributed by atoms with van der Waals surface area (Å²) in [6.07, 6.45) is 7.75. The Hall–Kier alpha value is -2.88. The van der Waals surface area contributed by atoms with Crippen LogP contribution in [0.25, 0.3) is 11.0 Å². The lowest BCUT2D eigenvalue weighted by Gasteiger charge is -2.32. The Kier molecular flexibility index (Phi) is 3.23. The summed E-state index contributed by atoms with van der Waals surface area (Å²) in [5, 5.41) is 9.86. The first-order valence-electron chi connectivity index (χ1n) is 7.69. The van der Waals surface area contributed by atoms with E-state index in [-0.39, 0.29) is 0 Å². The van der Waals surface area contributed by atoms with Crippen molar-refractivity contribution in [2.75, 3.05) is 11.9 Å². The Morgan fingerprint density at radius 1 is 1.48 bits per heavy atom. The van der Waals surface area contributed by atoms with Crippen molar-refractivity contribution < 1.29 is 0 Å². The van der Waals surface area contributed by atoms with Crippen molar-refractivity contribution in [3.63, 3.8) is 0 Å². The van der Waals surface area contributed by atoms with Gasteiger partial charge in [0.1, 0.15) is 23.6 Å². The summed E-state index contributed by atoms with van der Waals surface area (Å²) in [4.78, 5) is 18.7. The first-order chi connectivity index (χ1) is 11.3. The maximum atomic E-state index is 8.83. The highest BCUT2D eigenvalue weighted by Gasteiger charge is 2.25. The predicted octanol–water partition coefficient (Wildman–Crippen LogP) is 1.67. The number of nitriles is 1. The van der Waals surface area contributed by atoms with Gasteiger partial charge in [-0.3, -0.25) is 0 Å². The molecule has 1 aliphatic heterocycles.